The Labute approximate surface area is 115 Å². The molecule has 0 fully saturated rings. The zero-order chi connectivity index (χ0) is 14.0. The van der Waals surface area contributed by atoms with Crippen LogP contribution in [0.1, 0.15) is 24.3 Å². The van der Waals surface area contributed by atoms with Crippen LogP contribution >= 0.6 is 23.2 Å². The Morgan fingerprint density at radius 3 is 2.28 bits per heavy atom. The normalized spacial score (nSPS) is 12.6. The number of nitrogens with one attached hydrogen (secondary N) is 1. The van der Waals surface area contributed by atoms with E-state index < -0.39 is 17.9 Å². The molecule has 0 aliphatic rings. The van der Waals surface area contributed by atoms with Crippen molar-refractivity contribution in [2.45, 2.75) is 19.9 Å². The molecule has 1 aromatic rings. The zero-order valence-electron chi connectivity index (χ0n) is 10.2. The number of aliphatic carboxylic acids is 1. The smallest absolute Gasteiger partial charge is 0.326 e. The summed E-state index contributed by atoms with van der Waals surface area (Å²) in [6.07, 6.45) is 0. The minimum absolute atomic E-state index is 0.219. The van der Waals surface area contributed by atoms with Crippen LogP contribution in [0.3, 0.4) is 0 Å². The lowest BCUT2D eigenvalue weighted by molar-refractivity contribution is -0.140. The highest BCUT2D eigenvalue weighted by molar-refractivity contribution is 6.41. The van der Waals surface area contributed by atoms with Gasteiger partial charge in [0.05, 0.1) is 5.02 Å². The van der Waals surface area contributed by atoms with Crippen LogP contribution in [0.4, 0.5) is 0 Å². The van der Waals surface area contributed by atoms with E-state index in [1.165, 1.54) is 10.6 Å². The molecule has 5 nitrogen and oxygen atoms in total. The average molecular weight is 293 g/mol. The predicted molar refractivity (Wildman–Crippen MR) is 69.2 cm³/mol. The lowest BCUT2D eigenvalue weighted by Crippen LogP contribution is -2.44. The van der Waals surface area contributed by atoms with Crippen LogP contribution in [0.2, 0.25) is 10.2 Å². The summed E-state index contributed by atoms with van der Waals surface area (Å²) >= 11 is 11.6. The number of hydrogen-bond donors (Lipinski definition) is 2. The highest BCUT2D eigenvalue weighted by Crippen LogP contribution is 2.25. The van der Waals surface area contributed by atoms with Crippen molar-refractivity contribution in [3.63, 3.8) is 0 Å². The second kappa shape index (κ2) is 5.63. The Balaban J connectivity index is 2.94. The third kappa shape index (κ3) is 2.97. The third-order valence-corrected chi connectivity index (χ3v) is 3.41. The number of halogens is 2. The van der Waals surface area contributed by atoms with Crippen LogP contribution in [0.5, 0.6) is 0 Å². The van der Waals surface area contributed by atoms with E-state index in [9.17, 15) is 9.59 Å². The number of carboxylic acid groups (broad SMARTS) is 1. The molecule has 0 spiro atoms. The summed E-state index contributed by atoms with van der Waals surface area (Å²) in [5, 5.41) is 11.9. The van der Waals surface area contributed by atoms with Gasteiger partial charge >= 0.3 is 5.97 Å². The fourth-order valence-electron chi connectivity index (χ4n) is 1.49. The topological polar surface area (TPSA) is 71.3 Å². The van der Waals surface area contributed by atoms with Crippen molar-refractivity contribution in [1.82, 2.24) is 9.88 Å². The number of amides is 1. The standard InChI is InChI=1S/C11H14Cl2N2O3/c1-5(2)8(11(17)18)14-10(16)7-4-6(12)9(13)15(7)3/h4-5,8H,1-3H3,(H,14,16)(H,17,18). The first-order valence-corrected chi connectivity index (χ1v) is 6.05. The molecule has 0 radical (unpaired) electrons. The number of nitrogens with zero attached hydrogens (tertiary/aromatic N) is 1. The van der Waals surface area contributed by atoms with Gasteiger partial charge in [0, 0.05) is 7.05 Å². The molecule has 0 saturated carbocycles. The molecule has 0 aliphatic heterocycles. The summed E-state index contributed by atoms with van der Waals surface area (Å²) in [7, 11) is 1.58. The van der Waals surface area contributed by atoms with Gasteiger partial charge in [0.25, 0.3) is 5.91 Å². The van der Waals surface area contributed by atoms with Crippen molar-refractivity contribution in [3.05, 3.63) is 21.9 Å². The molecular weight excluding hydrogens is 279 g/mol. The van der Waals surface area contributed by atoms with Crippen molar-refractivity contribution in [2.75, 3.05) is 0 Å². The van der Waals surface area contributed by atoms with Crippen LogP contribution in [-0.4, -0.2) is 27.6 Å². The second-order valence-corrected chi connectivity index (χ2v) is 5.03. The SMILES string of the molecule is CC(C)C(NC(=O)c1cc(Cl)c(Cl)n1C)C(=O)O. The largest absolute Gasteiger partial charge is 0.480 e. The molecule has 18 heavy (non-hydrogen) atoms. The molecule has 0 aromatic carbocycles. The van der Waals surface area contributed by atoms with E-state index in [1.807, 2.05) is 0 Å². The quantitative estimate of drug-likeness (QED) is 0.893. The molecule has 0 bridgehead atoms. The first kappa shape index (κ1) is 14.9. The first-order chi connectivity index (χ1) is 8.25. The van der Waals surface area contributed by atoms with Crippen LogP contribution in [0, 0.1) is 5.92 Å². The van der Waals surface area contributed by atoms with Crippen LogP contribution < -0.4 is 5.32 Å². The summed E-state index contributed by atoms with van der Waals surface area (Å²) in [5.74, 6) is -1.82. The Bertz CT molecular complexity index is 483. The van der Waals surface area contributed by atoms with Gasteiger partial charge in [0.15, 0.2) is 0 Å². The fraction of sp³-hybridized carbons (Fsp3) is 0.455. The van der Waals surface area contributed by atoms with Crippen molar-refractivity contribution in [2.24, 2.45) is 13.0 Å². The Hall–Kier alpha value is -1.20. The highest BCUT2D eigenvalue weighted by Gasteiger charge is 2.25. The Kier molecular flexibility index (Phi) is 4.65. The second-order valence-electron chi connectivity index (χ2n) is 4.26. The molecule has 1 aromatic heterocycles. The maximum absolute atomic E-state index is 11.9. The summed E-state index contributed by atoms with van der Waals surface area (Å²) in [5.41, 5.74) is 0.219. The lowest BCUT2D eigenvalue weighted by atomic mass is 10.0. The van der Waals surface area contributed by atoms with Crippen LogP contribution in [-0.2, 0) is 11.8 Å². The molecule has 1 heterocycles. The summed E-state index contributed by atoms with van der Waals surface area (Å²) in [6, 6.07) is 0.448. The first-order valence-electron chi connectivity index (χ1n) is 5.30. The van der Waals surface area contributed by atoms with E-state index in [0.717, 1.165) is 0 Å². The van der Waals surface area contributed by atoms with Gasteiger partial charge in [0.2, 0.25) is 0 Å². The van der Waals surface area contributed by atoms with Crippen molar-refractivity contribution in [3.8, 4) is 0 Å². The molecule has 1 amide bonds. The molecular formula is C11H14Cl2N2O3. The number of carboxylic acids is 1. The van der Waals surface area contributed by atoms with E-state index in [1.54, 1.807) is 20.9 Å². The number of carbonyl (C=O) groups excluding carboxylic acids is 1. The van der Waals surface area contributed by atoms with E-state index in [-0.39, 0.29) is 21.8 Å². The summed E-state index contributed by atoms with van der Waals surface area (Å²) < 4.78 is 1.40. The van der Waals surface area contributed by atoms with Gasteiger partial charge in [0.1, 0.15) is 16.9 Å². The lowest BCUT2D eigenvalue weighted by Gasteiger charge is -2.18. The van der Waals surface area contributed by atoms with E-state index in [2.05, 4.69) is 5.32 Å². The zero-order valence-corrected chi connectivity index (χ0v) is 11.7. The Morgan fingerprint density at radius 2 is 1.94 bits per heavy atom. The van der Waals surface area contributed by atoms with Gasteiger partial charge in [-0.25, -0.2) is 4.79 Å². The Morgan fingerprint density at radius 1 is 1.39 bits per heavy atom. The van der Waals surface area contributed by atoms with Crippen molar-refractivity contribution in [1.29, 1.82) is 0 Å². The minimum atomic E-state index is -1.08. The summed E-state index contributed by atoms with van der Waals surface area (Å²) in [4.78, 5) is 22.9. The van der Waals surface area contributed by atoms with Crippen molar-refractivity contribution < 1.29 is 14.7 Å². The minimum Gasteiger partial charge on any atom is -0.480 e. The predicted octanol–water partition coefficient (Wildman–Crippen LogP) is 2.17. The van der Waals surface area contributed by atoms with E-state index in [4.69, 9.17) is 28.3 Å². The number of rotatable bonds is 4. The van der Waals surface area contributed by atoms with Crippen LogP contribution in [0.15, 0.2) is 6.07 Å². The number of carbonyl (C=O) groups is 2. The van der Waals surface area contributed by atoms with Gasteiger partial charge in [-0.05, 0) is 12.0 Å². The number of hydrogen-bond acceptors (Lipinski definition) is 2. The van der Waals surface area contributed by atoms with Gasteiger partial charge < -0.3 is 15.0 Å². The van der Waals surface area contributed by atoms with Gasteiger partial charge in [-0.3, -0.25) is 4.79 Å². The fourth-order valence-corrected chi connectivity index (χ4v) is 1.86. The van der Waals surface area contributed by atoms with E-state index in [0.29, 0.717) is 0 Å². The van der Waals surface area contributed by atoms with Gasteiger partial charge in [-0.15, -0.1) is 0 Å². The molecule has 1 atom stereocenters. The molecule has 100 valence electrons. The molecule has 0 saturated heterocycles. The van der Waals surface area contributed by atoms with Crippen molar-refractivity contribution >= 4 is 35.1 Å². The molecule has 7 heteroatoms. The van der Waals surface area contributed by atoms with Gasteiger partial charge in [-0.2, -0.15) is 0 Å². The molecule has 1 unspecified atom stereocenters. The number of aromatic nitrogens is 1. The highest BCUT2D eigenvalue weighted by atomic mass is 35.5. The molecule has 1 rings (SSSR count). The van der Waals surface area contributed by atoms with E-state index >= 15 is 0 Å². The molecule has 0 aliphatic carbocycles. The van der Waals surface area contributed by atoms with Crippen LogP contribution in [0.25, 0.3) is 0 Å². The summed E-state index contributed by atoms with van der Waals surface area (Å²) in [6.45, 7) is 3.42. The van der Waals surface area contributed by atoms with Gasteiger partial charge in [-0.1, -0.05) is 37.0 Å². The monoisotopic (exact) mass is 292 g/mol. The maximum Gasteiger partial charge on any atom is 0.326 e. The average Bonchev–Trinajstić information content (AvgIpc) is 2.52. The molecule has 2 N–H and O–H groups in total. The third-order valence-electron chi connectivity index (χ3n) is 2.57. The maximum atomic E-state index is 11.9.